The molecule has 0 bridgehead atoms. The van der Waals surface area contributed by atoms with E-state index >= 15 is 0 Å². The minimum Gasteiger partial charge on any atom is -0.452 e. The molecule has 0 aliphatic heterocycles. The average Bonchev–Trinajstić information content (AvgIpc) is 2.83. The molecule has 6 heteroatoms. The lowest BCUT2D eigenvalue weighted by molar-refractivity contribution is -0.0506. The molecule has 0 spiro atoms. The van der Waals surface area contributed by atoms with Crippen molar-refractivity contribution in [2.24, 2.45) is 0 Å². The summed E-state index contributed by atoms with van der Waals surface area (Å²) in [6, 6.07) is 9.89. The molecular formula is C14H14BrF2NO2. The van der Waals surface area contributed by atoms with Crippen molar-refractivity contribution < 1.29 is 17.9 Å². The second kappa shape index (κ2) is 6.85. The molecule has 0 aliphatic carbocycles. The molecule has 0 fully saturated rings. The van der Waals surface area contributed by atoms with Crippen LogP contribution in [0.4, 0.5) is 8.78 Å². The van der Waals surface area contributed by atoms with E-state index < -0.39 is 6.61 Å². The highest BCUT2D eigenvalue weighted by atomic mass is 79.9. The summed E-state index contributed by atoms with van der Waals surface area (Å²) in [5, 5.41) is 3.20. The Hall–Kier alpha value is -1.40. The highest BCUT2D eigenvalue weighted by molar-refractivity contribution is 9.10. The maximum Gasteiger partial charge on any atom is 0.387 e. The quantitative estimate of drug-likeness (QED) is 0.845. The molecule has 0 saturated carbocycles. The van der Waals surface area contributed by atoms with Crippen molar-refractivity contribution in [3.05, 3.63) is 52.4 Å². The summed E-state index contributed by atoms with van der Waals surface area (Å²) in [6.45, 7) is -0.269. The summed E-state index contributed by atoms with van der Waals surface area (Å²) in [7, 11) is 0. The van der Waals surface area contributed by atoms with Crippen LogP contribution in [-0.2, 0) is 0 Å². The summed E-state index contributed by atoms with van der Waals surface area (Å²) in [4.78, 5) is 0. The van der Waals surface area contributed by atoms with E-state index in [0.717, 1.165) is 0 Å². The Kier molecular flexibility index (Phi) is 5.14. The number of alkyl halides is 2. The highest BCUT2D eigenvalue weighted by Gasteiger charge is 2.21. The van der Waals surface area contributed by atoms with Crippen molar-refractivity contribution in [2.75, 3.05) is 6.54 Å². The number of benzene rings is 1. The van der Waals surface area contributed by atoms with E-state index in [4.69, 9.17) is 4.42 Å². The van der Waals surface area contributed by atoms with Crippen LogP contribution in [0, 0.1) is 0 Å². The van der Waals surface area contributed by atoms with Crippen molar-refractivity contribution in [3.63, 3.8) is 0 Å². The van der Waals surface area contributed by atoms with Gasteiger partial charge in [-0.15, -0.1) is 0 Å². The van der Waals surface area contributed by atoms with E-state index in [1.54, 1.807) is 30.3 Å². The largest absolute Gasteiger partial charge is 0.452 e. The first-order valence-corrected chi connectivity index (χ1v) is 6.93. The Morgan fingerprint density at radius 2 is 2.00 bits per heavy atom. The fraction of sp³-hybridized carbons (Fsp3) is 0.286. The van der Waals surface area contributed by atoms with Crippen LogP contribution in [0.2, 0.25) is 0 Å². The first-order chi connectivity index (χ1) is 9.61. The third kappa shape index (κ3) is 3.58. The summed E-state index contributed by atoms with van der Waals surface area (Å²) in [6.07, 6.45) is 0. The Labute approximate surface area is 124 Å². The first-order valence-electron chi connectivity index (χ1n) is 6.14. The van der Waals surface area contributed by atoms with E-state index in [9.17, 15) is 8.78 Å². The molecule has 1 heterocycles. The fourth-order valence-corrected chi connectivity index (χ4v) is 2.29. The van der Waals surface area contributed by atoms with Gasteiger partial charge in [0.15, 0.2) is 4.67 Å². The number of nitrogens with one attached hydrogen (secondary N) is 1. The summed E-state index contributed by atoms with van der Waals surface area (Å²) >= 11 is 3.24. The SMILES string of the molecule is CCNC(c1ccc(Br)o1)c1ccccc1OC(F)F. The summed E-state index contributed by atoms with van der Waals surface area (Å²) in [5.41, 5.74) is 0.608. The molecule has 1 N–H and O–H groups in total. The van der Waals surface area contributed by atoms with Crippen molar-refractivity contribution in [2.45, 2.75) is 19.6 Å². The zero-order valence-electron chi connectivity index (χ0n) is 10.8. The lowest BCUT2D eigenvalue weighted by Crippen LogP contribution is -2.22. The second-order valence-electron chi connectivity index (χ2n) is 4.05. The van der Waals surface area contributed by atoms with Gasteiger partial charge in [0, 0.05) is 5.56 Å². The third-order valence-corrected chi connectivity index (χ3v) is 3.16. The van der Waals surface area contributed by atoms with Crippen LogP contribution in [0.25, 0.3) is 0 Å². The molecule has 1 aromatic carbocycles. The Balaban J connectivity index is 2.38. The molecule has 1 atom stereocenters. The van der Waals surface area contributed by atoms with E-state index in [1.807, 2.05) is 6.92 Å². The molecule has 1 aromatic heterocycles. The predicted molar refractivity (Wildman–Crippen MR) is 75.0 cm³/mol. The fourth-order valence-electron chi connectivity index (χ4n) is 1.97. The van der Waals surface area contributed by atoms with E-state index in [-0.39, 0.29) is 11.8 Å². The van der Waals surface area contributed by atoms with Gasteiger partial charge in [-0.2, -0.15) is 8.78 Å². The Bertz CT molecular complexity index is 560. The maximum absolute atomic E-state index is 12.5. The Morgan fingerprint density at radius 3 is 2.60 bits per heavy atom. The van der Waals surface area contributed by atoms with Gasteiger partial charge >= 0.3 is 6.61 Å². The first kappa shape index (κ1) is 15.0. The highest BCUT2D eigenvalue weighted by Crippen LogP contribution is 2.32. The van der Waals surface area contributed by atoms with Crippen molar-refractivity contribution in [1.82, 2.24) is 5.32 Å². The van der Waals surface area contributed by atoms with Gasteiger partial charge in [0.05, 0.1) is 6.04 Å². The van der Waals surface area contributed by atoms with Gasteiger partial charge in [0.1, 0.15) is 11.5 Å². The lowest BCUT2D eigenvalue weighted by Gasteiger charge is -2.19. The van der Waals surface area contributed by atoms with Gasteiger partial charge in [-0.05, 0) is 40.7 Å². The average molecular weight is 346 g/mol. The van der Waals surface area contributed by atoms with Gasteiger partial charge in [-0.25, -0.2) is 0 Å². The number of hydrogen-bond acceptors (Lipinski definition) is 3. The van der Waals surface area contributed by atoms with Gasteiger partial charge in [-0.3, -0.25) is 0 Å². The molecule has 108 valence electrons. The standard InChI is InChI=1S/C14H14BrF2NO2/c1-2-18-13(11-7-8-12(15)19-11)9-5-3-4-6-10(9)20-14(16)17/h3-8,13-14,18H,2H2,1H3. The minimum atomic E-state index is -2.86. The number of rotatable bonds is 6. The normalized spacial score (nSPS) is 12.7. The molecule has 2 aromatic rings. The third-order valence-electron chi connectivity index (χ3n) is 2.73. The zero-order valence-corrected chi connectivity index (χ0v) is 12.4. The monoisotopic (exact) mass is 345 g/mol. The molecule has 0 amide bonds. The van der Waals surface area contributed by atoms with Crippen molar-refractivity contribution in [3.8, 4) is 5.75 Å². The van der Waals surface area contributed by atoms with Gasteiger partial charge in [0.2, 0.25) is 0 Å². The topological polar surface area (TPSA) is 34.4 Å². The molecule has 2 rings (SSSR count). The van der Waals surface area contributed by atoms with Crippen molar-refractivity contribution in [1.29, 1.82) is 0 Å². The zero-order chi connectivity index (χ0) is 14.5. The molecule has 3 nitrogen and oxygen atoms in total. The van der Waals surface area contributed by atoms with Crippen LogP contribution < -0.4 is 10.1 Å². The van der Waals surface area contributed by atoms with E-state index in [2.05, 4.69) is 26.0 Å². The van der Waals surface area contributed by atoms with Crippen LogP contribution in [-0.4, -0.2) is 13.2 Å². The lowest BCUT2D eigenvalue weighted by atomic mass is 10.0. The molecular weight excluding hydrogens is 332 g/mol. The molecule has 0 radical (unpaired) electrons. The molecule has 0 saturated heterocycles. The number of halogens is 3. The molecule has 1 unspecified atom stereocenters. The minimum absolute atomic E-state index is 0.140. The summed E-state index contributed by atoms with van der Waals surface area (Å²) in [5.74, 6) is 0.769. The van der Waals surface area contributed by atoms with E-state index in [0.29, 0.717) is 22.5 Å². The van der Waals surface area contributed by atoms with Gasteiger partial charge < -0.3 is 14.5 Å². The smallest absolute Gasteiger partial charge is 0.387 e. The predicted octanol–water partition coefficient (Wildman–Crippen LogP) is 4.34. The van der Waals surface area contributed by atoms with Crippen LogP contribution >= 0.6 is 15.9 Å². The number of furan rings is 1. The molecule has 20 heavy (non-hydrogen) atoms. The van der Waals surface area contributed by atoms with E-state index in [1.165, 1.54) is 6.07 Å². The van der Waals surface area contributed by atoms with Crippen LogP contribution in [0.5, 0.6) is 5.75 Å². The number of hydrogen-bond donors (Lipinski definition) is 1. The van der Waals surface area contributed by atoms with Gasteiger partial charge in [-0.1, -0.05) is 25.1 Å². The van der Waals surface area contributed by atoms with Gasteiger partial charge in [0.25, 0.3) is 0 Å². The van der Waals surface area contributed by atoms with Crippen LogP contribution in [0.15, 0.2) is 45.5 Å². The van der Waals surface area contributed by atoms with Crippen LogP contribution in [0.1, 0.15) is 24.3 Å². The molecule has 0 aliphatic rings. The number of ether oxygens (including phenoxy) is 1. The maximum atomic E-state index is 12.5. The summed E-state index contributed by atoms with van der Waals surface area (Å²) < 4.78 is 35.6. The Morgan fingerprint density at radius 1 is 1.25 bits per heavy atom. The van der Waals surface area contributed by atoms with Crippen LogP contribution in [0.3, 0.4) is 0 Å². The number of para-hydroxylation sites is 1. The van der Waals surface area contributed by atoms with Crippen molar-refractivity contribution >= 4 is 15.9 Å². The second-order valence-corrected chi connectivity index (χ2v) is 4.83.